The van der Waals surface area contributed by atoms with Gasteiger partial charge in [-0.15, -0.1) is 16.4 Å². The van der Waals surface area contributed by atoms with Crippen molar-refractivity contribution in [3.63, 3.8) is 0 Å². The van der Waals surface area contributed by atoms with E-state index >= 15 is 0 Å². The summed E-state index contributed by atoms with van der Waals surface area (Å²) < 4.78 is 2.65. The molecule has 0 unspecified atom stereocenters. The van der Waals surface area contributed by atoms with Gasteiger partial charge in [0.15, 0.2) is 0 Å². The maximum absolute atomic E-state index is 12.4. The smallest absolute Gasteiger partial charge is 0.251 e. The molecule has 8 heteroatoms. The fraction of sp³-hybridized carbons (Fsp3) is 0.167. The average molecular weight is 364 g/mol. The molecular formula is C18H16N6OS. The molecule has 1 N–H and O–H groups in total. The lowest BCUT2D eigenvalue weighted by Crippen LogP contribution is -2.22. The van der Waals surface area contributed by atoms with E-state index in [2.05, 4.69) is 32.5 Å². The number of nitrogens with zero attached hydrogens (tertiary/aromatic N) is 5. The Morgan fingerprint density at radius 1 is 1.31 bits per heavy atom. The van der Waals surface area contributed by atoms with Crippen molar-refractivity contribution in [3.8, 4) is 5.69 Å². The van der Waals surface area contributed by atoms with E-state index in [4.69, 9.17) is 0 Å². The highest BCUT2D eigenvalue weighted by Crippen LogP contribution is 2.23. The van der Waals surface area contributed by atoms with Crippen molar-refractivity contribution in [2.24, 2.45) is 0 Å². The minimum Gasteiger partial charge on any atom is -0.346 e. The van der Waals surface area contributed by atoms with Crippen molar-refractivity contribution < 1.29 is 4.79 Å². The molecule has 0 spiro atoms. The normalized spacial score (nSPS) is 11.0. The summed E-state index contributed by atoms with van der Waals surface area (Å²) in [6.45, 7) is 2.38. The number of amides is 1. The summed E-state index contributed by atoms with van der Waals surface area (Å²) in [6, 6.07) is 9.28. The van der Waals surface area contributed by atoms with Crippen LogP contribution < -0.4 is 5.32 Å². The van der Waals surface area contributed by atoms with Gasteiger partial charge in [0.25, 0.3) is 5.91 Å². The zero-order valence-electron chi connectivity index (χ0n) is 14.1. The number of benzene rings is 1. The molecule has 0 fully saturated rings. The number of hydrogen-bond acceptors (Lipinski definition) is 6. The topological polar surface area (TPSA) is 85.6 Å². The largest absolute Gasteiger partial charge is 0.346 e. The number of nitrogens with one attached hydrogen (secondary N) is 1. The van der Waals surface area contributed by atoms with E-state index in [1.165, 1.54) is 0 Å². The number of carbonyl (C=O) groups is 1. The lowest BCUT2D eigenvalue weighted by atomic mass is 10.2. The molecule has 0 bridgehead atoms. The van der Waals surface area contributed by atoms with Crippen LogP contribution in [0.15, 0.2) is 48.9 Å². The predicted molar refractivity (Wildman–Crippen MR) is 99.3 cm³/mol. The Kier molecular flexibility index (Phi) is 4.40. The second kappa shape index (κ2) is 7.01. The first kappa shape index (κ1) is 16.3. The maximum atomic E-state index is 12.4. The summed E-state index contributed by atoms with van der Waals surface area (Å²) >= 11 is 1.62. The first-order chi connectivity index (χ1) is 12.7. The number of fused-ring (bicyclic) bond motifs is 1. The molecule has 4 rings (SSSR count). The van der Waals surface area contributed by atoms with Crippen LogP contribution in [0.2, 0.25) is 0 Å². The molecule has 3 aromatic heterocycles. The Bertz CT molecular complexity index is 1060. The van der Waals surface area contributed by atoms with E-state index in [1.54, 1.807) is 40.7 Å². The minimum absolute atomic E-state index is 0.144. The molecular weight excluding hydrogens is 348 g/mol. The van der Waals surface area contributed by atoms with Crippen LogP contribution in [-0.4, -0.2) is 30.9 Å². The zero-order chi connectivity index (χ0) is 17.9. The third-order valence-electron chi connectivity index (χ3n) is 3.88. The van der Waals surface area contributed by atoms with Crippen LogP contribution in [0.25, 0.3) is 15.9 Å². The van der Waals surface area contributed by atoms with Gasteiger partial charge < -0.3 is 5.32 Å². The summed E-state index contributed by atoms with van der Waals surface area (Å²) in [5.74, 6) is -0.144. The third-order valence-corrected chi connectivity index (χ3v) is 5.04. The fourth-order valence-corrected chi connectivity index (χ4v) is 3.48. The van der Waals surface area contributed by atoms with Gasteiger partial charge in [0.1, 0.15) is 5.69 Å². The molecule has 0 aliphatic carbocycles. The molecule has 1 aromatic carbocycles. The predicted octanol–water partition coefficient (Wildman–Crippen LogP) is 2.76. The van der Waals surface area contributed by atoms with Crippen LogP contribution in [-0.2, 0) is 13.0 Å². The van der Waals surface area contributed by atoms with Gasteiger partial charge in [0.05, 0.1) is 39.9 Å². The lowest BCUT2D eigenvalue weighted by Gasteiger charge is -2.03. The molecule has 0 saturated heterocycles. The van der Waals surface area contributed by atoms with Gasteiger partial charge in [-0.2, -0.15) is 0 Å². The SMILES string of the molecule is CCc1nc2ccc(C(=O)NCc3cn(-c4cccnc4)nn3)cc2s1. The first-order valence-electron chi connectivity index (χ1n) is 8.22. The summed E-state index contributed by atoms with van der Waals surface area (Å²) in [6.07, 6.45) is 6.07. The first-order valence-corrected chi connectivity index (χ1v) is 9.04. The Hall–Kier alpha value is -3.13. The van der Waals surface area contributed by atoms with Gasteiger partial charge in [0, 0.05) is 11.8 Å². The van der Waals surface area contributed by atoms with Crippen molar-refractivity contribution in [1.82, 2.24) is 30.3 Å². The molecule has 3 heterocycles. The van der Waals surface area contributed by atoms with E-state index in [1.807, 2.05) is 24.3 Å². The van der Waals surface area contributed by atoms with Gasteiger partial charge >= 0.3 is 0 Å². The van der Waals surface area contributed by atoms with Gasteiger partial charge in [0.2, 0.25) is 0 Å². The zero-order valence-corrected chi connectivity index (χ0v) is 14.9. The lowest BCUT2D eigenvalue weighted by molar-refractivity contribution is 0.0950. The van der Waals surface area contributed by atoms with Crippen LogP contribution >= 0.6 is 11.3 Å². The van der Waals surface area contributed by atoms with Gasteiger partial charge in [-0.05, 0) is 36.8 Å². The van der Waals surface area contributed by atoms with E-state index in [0.717, 1.165) is 27.3 Å². The number of thiazole rings is 1. The van der Waals surface area contributed by atoms with Gasteiger partial charge in [-0.25, -0.2) is 9.67 Å². The number of aryl methyl sites for hydroxylation is 1. The molecule has 0 radical (unpaired) electrons. The van der Waals surface area contributed by atoms with Gasteiger partial charge in [-0.3, -0.25) is 9.78 Å². The molecule has 1 amide bonds. The quantitative estimate of drug-likeness (QED) is 0.588. The van der Waals surface area contributed by atoms with E-state index in [9.17, 15) is 4.79 Å². The number of rotatable bonds is 5. The van der Waals surface area contributed by atoms with Crippen LogP contribution in [0.3, 0.4) is 0 Å². The van der Waals surface area contributed by atoms with E-state index < -0.39 is 0 Å². The molecule has 130 valence electrons. The van der Waals surface area contributed by atoms with E-state index in [0.29, 0.717) is 17.8 Å². The molecule has 4 aromatic rings. The van der Waals surface area contributed by atoms with Crippen LogP contribution in [0.4, 0.5) is 0 Å². The average Bonchev–Trinajstić information content (AvgIpc) is 3.32. The van der Waals surface area contributed by atoms with Crippen molar-refractivity contribution in [2.45, 2.75) is 19.9 Å². The molecule has 7 nitrogen and oxygen atoms in total. The number of carbonyl (C=O) groups excluding carboxylic acids is 1. The molecule has 0 atom stereocenters. The van der Waals surface area contributed by atoms with Crippen molar-refractivity contribution in [1.29, 1.82) is 0 Å². The molecule has 0 saturated carbocycles. The molecule has 26 heavy (non-hydrogen) atoms. The van der Waals surface area contributed by atoms with Crippen LogP contribution in [0.1, 0.15) is 28.0 Å². The Morgan fingerprint density at radius 3 is 3.04 bits per heavy atom. The number of aromatic nitrogens is 5. The Labute approximate surface area is 153 Å². The maximum Gasteiger partial charge on any atom is 0.251 e. The third kappa shape index (κ3) is 3.31. The standard InChI is InChI=1S/C18H16N6OS/c1-2-17-21-15-6-5-12(8-16(15)26-17)18(25)20-9-13-11-24(23-22-13)14-4-3-7-19-10-14/h3-8,10-11H,2,9H2,1H3,(H,20,25). The second-order valence-electron chi connectivity index (χ2n) is 5.69. The summed E-state index contributed by atoms with van der Waals surface area (Å²) in [4.78, 5) is 21.0. The fourth-order valence-electron chi connectivity index (χ4n) is 2.53. The Morgan fingerprint density at radius 2 is 2.23 bits per heavy atom. The van der Waals surface area contributed by atoms with Crippen LogP contribution in [0.5, 0.6) is 0 Å². The van der Waals surface area contributed by atoms with Crippen molar-refractivity contribution in [2.75, 3.05) is 0 Å². The van der Waals surface area contributed by atoms with Crippen LogP contribution in [0, 0.1) is 0 Å². The summed E-state index contributed by atoms with van der Waals surface area (Å²) in [7, 11) is 0. The minimum atomic E-state index is -0.144. The molecule has 0 aliphatic heterocycles. The number of hydrogen-bond donors (Lipinski definition) is 1. The summed E-state index contributed by atoms with van der Waals surface area (Å²) in [5, 5.41) is 12.1. The summed E-state index contributed by atoms with van der Waals surface area (Å²) in [5.41, 5.74) is 3.04. The van der Waals surface area contributed by atoms with Gasteiger partial charge in [-0.1, -0.05) is 12.1 Å². The Balaban J connectivity index is 1.45. The monoisotopic (exact) mass is 364 g/mol. The second-order valence-corrected chi connectivity index (χ2v) is 6.81. The number of pyridine rings is 1. The van der Waals surface area contributed by atoms with Crippen molar-refractivity contribution in [3.05, 3.63) is 65.2 Å². The highest BCUT2D eigenvalue weighted by Gasteiger charge is 2.10. The molecule has 0 aliphatic rings. The highest BCUT2D eigenvalue weighted by atomic mass is 32.1. The van der Waals surface area contributed by atoms with E-state index in [-0.39, 0.29) is 5.91 Å². The highest BCUT2D eigenvalue weighted by molar-refractivity contribution is 7.18. The van der Waals surface area contributed by atoms with Crippen molar-refractivity contribution >= 4 is 27.5 Å².